The van der Waals surface area contributed by atoms with Gasteiger partial charge < -0.3 is 0 Å². The fraction of sp³-hybridized carbons (Fsp3) is 0.423. The number of hydrogen-bond acceptors (Lipinski definition) is 1. The Kier molecular flexibility index (Phi) is 3.83. The van der Waals surface area contributed by atoms with Crippen molar-refractivity contribution in [3.63, 3.8) is 0 Å². The number of rotatable bonds is 1. The summed E-state index contributed by atoms with van der Waals surface area (Å²) in [5, 5.41) is 2.64. The molecule has 1 aromatic heterocycles. The first-order chi connectivity index (χ1) is 12.5. The van der Waals surface area contributed by atoms with E-state index in [0.29, 0.717) is 0 Å². The molecule has 0 fully saturated rings. The average molecular weight is 358 g/mol. The number of fused-ring (bicyclic) bond motifs is 2. The van der Waals surface area contributed by atoms with Crippen molar-refractivity contribution in [2.45, 2.75) is 71.1 Å². The summed E-state index contributed by atoms with van der Waals surface area (Å²) >= 11 is 0. The Hall–Kier alpha value is -2.15. The zero-order valence-corrected chi connectivity index (χ0v) is 17.8. The second-order valence-corrected chi connectivity index (χ2v) is 10.6. The molecule has 0 N–H and O–H groups in total. The lowest BCUT2D eigenvalue weighted by Gasteiger charge is -2.23. The lowest BCUT2D eigenvalue weighted by molar-refractivity contribution is 0.403. The highest BCUT2D eigenvalue weighted by atomic mass is 14.7. The van der Waals surface area contributed by atoms with Crippen LogP contribution in [0.1, 0.15) is 71.6 Å². The zero-order chi connectivity index (χ0) is 19.6. The van der Waals surface area contributed by atoms with Crippen molar-refractivity contribution in [1.29, 1.82) is 0 Å². The molecule has 1 nitrogen and oxygen atoms in total. The molecule has 4 rings (SSSR count). The molecule has 27 heavy (non-hydrogen) atoms. The highest BCUT2D eigenvalue weighted by Gasteiger charge is 2.42. The Bertz CT molecular complexity index is 1030. The van der Waals surface area contributed by atoms with Gasteiger partial charge in [0.1, 0.15) is 0 Å². The summed E-state index contributed by atoms with van der Waals surface area (Å²) < 4.78 is 0. The first kappa shape index (κ1) is 18.2. The smallest absolute Gasteiger partial charge is 0.0705 e. The molecule has 0 atom stereocenters. The maximum atomic E-state index is 4.91. The molecule has 1 aliphatic rings. The summed E-state index contributed by atoms with van der Waals surface area (Å²) in [6.07, 6.45) is 3.30. The largest absolute Gasteiger partial charge is 0.256 e. The minimum absolute atomic E-state index is 0.0909. The fourth-order valence-corrected chi connectivity index (χ4v) is 5.09. The molecule has 0 unspecified atom stereocenters. The van der Waals surface area contributed by atoms with Crippen molar-refractivity contribution >= 4 is 10.8 Å². The summed E-state index contributed by atoms with van der Waals surface area (Å²) in [5.74, 6) is 0. The number of nitrogens with zero attached hydrogens (tertiary/aromatic N) is 1. The maximum Gasteiger partial charge on any atom is 0.0705 e. The average Bonchev–Trinajstić information content (AvgIpc) is 2.77. The molecule has 1 heterocycles. The van der Waals surface area contributed by atoms with Gasteiger partial charge in [0.15, 0.2) is 0 Å². The highest BCUT2D eigenvalue weighted by Crippen LogP contribution is 2.49. The first-order valence-corrected chi connectivity index (χ1v) is 10.0. The predicted octanol–water partition coefficient (Wildman–Crippen LogP) is 7.16. The molecule has 140 valence electrons. The van der Waals surface area contributed by atoms with Crippen LogP contribution in [-0.4, -0.2) is 4.98 Å². The van der Waals surface area contributed by atoms with E-state index in [-0.39, 0.29) is 16.2 Å². The van der Waals surface area contributed by atoms with Crippen LogP contribution in [0.3, 0.4) is 0 Å². The molecule has 0 saturated heterocycles. The van der Waals surface area contributed by atoms with E-state index in [1.54, 1.807) is 0 Å². The van der Waals surface area contributed by atoms with Gasteiger partial charge >= 0.3 is 0 Å². The van der Waals surface area contributed by atoms with Crippen molar-refractivity contribution in [3.8, 4) is 11.3 Å². The van der Waals surface area contributed by atoms with E-state index in [4.69, 9.17) is 4.98 Å². The third kappa shape index (κ3) is 2.98. The molecule has 2 aromatic carbocycles. The Balaban J connectivity index is 1.94. The number of pyridine rings is 1. The molecule has 0 spiro atoms. The van der Waals surface area contributed by atoms with E-state index in [0.717, 1.165) is 5.69 Å². The standard InChI is InChI=1S/C26H31N/c1-24(2,3)20-13-18(12-17-10-8-9-11-19(17)20)23-14-21-22(15-27-23)26(6,7)16-25(21,4)5/h8-15H,16H2,1-7H3. The quantitative estimate of drug-likeness (QED) is 0.450. The van der Waals surface area contributed by atoms with Gasteiger partial charge in [0.25, 0.3) is 0 Å². The van der Waals surface area contributed by atoms with E-state index in [9.17, 15) is 0 Å². The number of benzene rings is 2. The highest BCUT2D eigenvalue weighted by molar-refractivity contribution is 5.90. The van der Waals surface area contributed by atoms with Crippen LogP contribution < -0.4 is 0 Å². The topological polar surface area (TPSA) is 12.9 Å². The third-order valence-electron chi connectivity index (χ3n) is 6.21. The van der Waals surface area contributed by atoms with E-state index in [2.05, 4.69) is 97.1 Å². The number of aromatic nitrogens is 1. The van der Waals surface area contributed by atoms with Crippen molar-refractivity contribution in [3.05, 3.63) is 65.4 Å². The van der Waals surface area contributed by atoms with Crippen molar-refractivity contribution in [2.75, 3.05) is 0 Å². The molecule has 1 aliphatic carbocycles. The van der Waals surface area contributed by atoms with Crippen LogP contribution in [0.2, 0.25) is 0 Å². The normalized spacial score (nSPS) is 17.9. The lowest BCUT2D eigenvalue weighted by atomic mass is 9.81. The zero-order valence-electron chi connectivity index (χ0n) is 17.8. The maximum absolute atomic E-state index is 4.91. The molecular weight excluding hydrogens is 326 g/mol. The minimum atomic E-state index is 0.0909. The lowest BCUT2D eigenvalue weighted by Crippen LogP contribution is -2.17. The van der Waals surface area contributed by atoms with E-state index < -0.39 is 0 Å². The molecule has 0 aliphatic heterocycles. The monoisotopic (exact) mass is 357 g/mol. The number of hydrogen-bond donors (Lipinski definition) is 0. The van der Waals surface area contributed by atoms with Gasteiger partial charge in [0, 0.05) is 11.8 Å². The van der Waals surface area contributed by atoms with Crippen molar-refractivity contribution in [2.24, 2.45) is 0 Å². The minimum Gasteiger partial charge on any atom is -0.256 e. The fourth-order valence-electron chi connectivity index (χ4n) is 5.09. The Labute approximate surface area is 163 Å². The Morgan fingerprint density at radius 2 is 1.52 bits per heavy atom. The first-order valence-electron chi connectivity index (χ1n) is 10.0. The van der Waals surface area contributed by atoms with Gasteiger partial charge in [0.05, 0.1) is 5.69 Å². The molecule has 0 radical (unpaired) electrons. The van der Waals surface area contributed by atoms with Crippen LogP contribution in [0.5, 0.6) is 0 Å². The molecule has 0 bridgehead atoms. The van der Waals surface area contributed by atoms with Gasteiger partial charge in [0.2, 0.25) is 0 Å². The van der Waals surface area contributed by atoms with Gasteiger partial charge in [-0.1, -0.05) is 72.7 Å². The second kappa shape index (κ2) is 5.67. The summed E-state index contributed by atoms with van der Waals surface area (Å²) in [7, 11) is 0. The van der Waals surface area contributed by atoms with Gasteiger partial charge in [-0.05, 0) is 68.3 Å². The van der Waals surface area contributed by atoms with Gasteiger partial charge in [-0.2, -0.15) is 0 Å². The third-order valence-corrected chi connectivity index (χ3v) is 6.21. The predicted molar refractivity (Wildman–Crippen MR) is 117 cm³/mol. The Morgan fingerprint density at radius 1 is 0.852 bits per heavy atom. The van der Waals surface area contributed by atoms with Crippen molar-refractivity contribution < 1.29 is 0 Å². The van der Waals surface area contributed by atoms with E-state index >= 15 is 0 Å². The molecule has 1 heteroatoms. The van der Waals surface area contributed by atoms with Crippen LogP contribution in [0.15, 0.2) is 48.7 Å². The van der Waals surface area contributed by atoms with Crippen LogP contribution >= 0.6 is 0 Å². The van der Waals surface area contributed by atoms with Crippen molar-refractivity contribution in [1.82, 2.24) is 4.98 Å². The van der Waals surface area contributed by atoms with Crippen LogP contribution in [-0.2, 0) is 16.2 Å². The second-order valence-electron chi connectivity index (χ2n) is 10.6. The summed E-state index contributed by atoms with van der Waals surface area (Å²) in [5.41, 5.74) is 7.06. The van der Waals surface area contributed by atoms with Crippen LogP contribution in [0.4, 0.5) is 0 Å². The van der Waals surface area contributed by atoms with Gasteiger partial charge in [-0.15, -0.1) is 0 Å². The van der Waals surface area contributed by atoms with Gasteiger partial charge in [-0.3, -0.25) is 4.98 Å². The van der Waals surface area contributed by atoms with E-state index in [1.807, 2.05) is 0 Å². The molecule has 0 amide bonds. The molecule has 0 saturated carbocycles. The SMILES string of the molecule is CC(C)(C)c1cc(-c2cc3c(cn2)C(C)(C)CC3(C)C)cc2ccccc12. The molecular formula is C26H31N. The van der Waals surface area contributed by atoms with Gasteiger partial charge in [-0.25, -0.2) is 0 Å². The summed E-state index contributed by atoms with van der Waals surface area (Å²) in [6, 6.07) is 15.7. The Morgan fingerprint density at radius 3 is 2.22 bits per heavy atom. The molecule has 3 aromatic rings. The van der Waals surface area contributed by atoms with E-state index in [1.165, 1.54) is 39.4 Å². The summed E-state index contributed by atoms with van der Waals surface area (Å²) in [6.45, 7) is 16.3. The van der Waals surface area contributed by atoms with Crippen LogP contribution in [0.25, 0.3) is 22.0 Å². The summed E-state index contributed by atoms with van der Waals surface area (Å²) in [4.78, 5) is 4.91. The van der Waals surface area contributed by atoms with Crippen LogP contribution in [0, 0.1) is 0 Å².